The number of ether oxygens (including phenoxy) is 1. The van der Waals surface area contributed by atoms with Crippen LogP contribution in [-0.4, -0.2) is 27.2 Å². The van der Waals surface area contributed by atoms with Crippen molar-refractivity contribution in [2.75, 3.05) is 6.54 Å². The third-order valence-corrected chi connectivity index (χ3v) is 3.35. The van der Waals surface area contributed by atoms with Crippen molar-refractivity contribution >= 4 is 28.7 Å². The highest BCUT2D eigenvalue weighted by Gasteiger charge is 2.28. The lowest BCUT2D eigenvalue weighted by Gasteiger charge is -2.33. The van der Waals surface area contributed by atoms with E-state index >= 15 is 0 Å². The Labute approximate surface area is 99.3 Å². The van der Waals surface area contributed by atoms with Gasteiger partial charge in [0.25, 0.3) is 0 Å². The Morgan fingerprint density at radius 2 is 2.07 bits per heavy atom. The molecule has 4 heteroatoms. The van der Waals surface area contributed by atoms with Crippen LogP contribution in [0.3, 0.4) is 0 Å². The highest BCUT2D eigenvalue weighted by atomic mass is 127. The molecule has 0 N–H and O–H groups in total. The first-order chi connectivity index (χ1) is 6.40. The van der Waals surface area contributed by atoms with E-state index in [9.17, 15) is 4.79 Å². The topological polar surface area (TPSA) is 29.5 Å². The molecular weight excluding hydrogens is 293 g/mol. The predicted octanol–water partition coefficient (Wildman–Crippen LogP) is 3.17. The average Bonchev–Trinajstić information content (AvgIpc) is 2.01. The molecule has 0 bridgehead atoms. The summed E-state index contributed by atoms with van der Waals surface area (Å²) in [6.07, 6.45) is 3.22. The molecule has 1 unspecified atom stereocenters. The first kappa shape index (κ1) is 12.1. The summed E-state index contributed by atoms with van der Waals surface area (Å²) in [4.78, 5) is 13.6. The Morgan fingerprint density at radius 1 is 1.43 bits per heavy atom. The predicted molar refractivity (Wildman–Crippen MR) is 64.6 cm³/mol. The summed E-state index contributed by atoms with van der Waals surface area (Å²) in [5.41, 5.74) is -0.384. The summed E-state index contributed by atoms with van der Waals surface area (Å²) in [6.45, 7) is 6.54. The maximum absolute atomic E-state index is 11.7. The minimum absolute atomic E-state index is 0.170. The van der Waals surface area contributed by atoms with E-state index in [1.54, 1.807) is 0 Å². The van der Waals surface area contributed by atoms with Crippen molar-refractivity contribution in [3.63, 3.8) is 0 Å². The van der Waals surface area contributed by atoms with Gasteiger partial charge in [-0.15, -0.1) is 0 Å². The maximum atomic E-state index is 11.7. The van der Waals surface area contributed by atoms with Gasteiger partial charge in [-0.25, -0.2) is 4.79 Å². The van der Waals surface area contributed by atoms with Crippen LogP contribution >= 0.6 is 22.6 Å². The van der Waals surface area contributed by atoms with Crippen molar-refractivity contribution in [1.29, 1.82) is 0 Å². The second kappa shape index (κ2) is 4.68. The van der Waals surface area contributed by atoms with Crippen LogP contribution in [0.15, 0.2) is 0 Å². The molecule has 1 fully saturated rings. The number of nitrogens with zero attached hydrogens (tertiary/aromatic N) is 1. The summed E-state index contributed by atoms with van der Waals surface area (Å²) >= 11 is 2.31. The summed E-state index contributed by atoms with van der Waals surface area (Å²) in [5.74, 6) is 0. The Balaban J connectivity index is 2.50. The molecule has 1 atom stereocenters. The molecule has 0 radical (unpaired) electrons. The summed E-state index contributed by atoms with van der Waals surface area (Å²) in [5, 5.41) is 0. The second-order valence-electron chi connectivity index (χ2n) is 4.60. The molecular formula is C10H18INO2. The quantitative estimate of drug-likeness (QED) is 0.391. The third kappa shape index (κ3) is 3.63. The van der Waals surface area contributed by atoms with Crippen molar-refractivity contribution in [3.8, 4) is 0 Å². The van der Waals surface area contributed by atoms with Gasteiger partial charge in [-0.3, -0.25) is 4.90 Å². The van der Waals surface area contributed by atoms with Crippen molar-refractivity contribution < 1.29 is 9.53 Å². The fourth-order valence-electron chi connectivity index (χ4n) is 1.42. The van der Waals surface area contributed by atoms with Crippen molar-refractivity contribution in [2.45, 2.75) is 49.7 Å². The molecule has 1 aliphatic rings. The number of halogens is 1. The minimum Gasteiger partial charge on any atom is -0.444 e. The van der Waals surface area contributed by atoms with Gasteiger partial charge in [0.2, 0.25) is 0 Å². The van der Waals surface area contributed by atoms with Gasteiger partial charge in [0, 0.05) is 6.54 Å². The number of likely N-dealkylation sites (tertiary alicyclic amines) is 1. The molecule has 1 rings (SSSR count). The summed E-state index contributed by atoms with van der Waals surface area (Å²) < 4.78 is 5.63. The fraction of sp³-hybridized carbons (Fsp3) is 0.900. The molecule has 1 heterocycles. The Morgan fingerprint density at radius 3 is 2.57 bits per heavy atom. The van der Waals surface area contributed by atoms with Crippen LogP contribution in [0.4, 0.5) is 4.79 Å². The third-order valence-electron chi connectivity index (χ3n) is 2.06. The molecule has 1 amide bonds. The van der Waals surface area contributed by atoms with E-state index in [-0.39, 0.29) is 11.7 Å². The van der Waals surface area contributed by atoms with E-state index < -0.39 is 0 Å². The van der Waals surface area contributed by atoms with E-state index in [1.807, 2.05) is 25.7 Å². The maximum Gasteiger partial charge on any atom is 0.411 e. The SMILES string of the molecule is CC(C)(C)OC(=O)N1CCCCC1I. The highest BCUT2D eigenvalue weighted by Crippen LogP contribution is 2.24. The number of hydrogen-bond donors (Lipinski definition) is 0. The molecule has 14 heavy (non-hydrogen) atoms. The molecule has 1 saturated heterocycles. The standard InChI is InChI=1S/C10H18INO2/c1-10(2,3)14-9(13)12-7-5-4-6-8(12)11/h8H,4-7H2,1-3H3. The van der Waals surface area contributed by atoms with Gasteiger partial charge in [0.05, 0.1) is 4.05 Å². The molecule has 0 saturated carbocycles. The molecule has 0 aliphatic carbocycles. The van der Waals surface area contributed by atoms with Gasteiger partial charge >= 0.3 is 6.09 Å². The van der Waals surface area contributed by atoms with Gasteiger partial charge in [-0.05, 0) is 40.0 Å². The lowest BCUT2D eigenvalue weighted by molar-refractivity contribution is 0.0200. The molecule has 82 valence electrons. The number of alkyl halides is 1. The molecule has 1 aliphatic heterocycles. The van der Waals surface area contributed by atoms with E-state index in [0.29, 0.717) is 4.05 Å². The van der Waals surface area contributed by atoms with Gasteiger partial charge in [-0.1, -0.05) is 22.6 Å². The van der Waals surface area contributed by atoms with E-state index in [1.165, 1.54) is 6.42 Å². The number of amides is 1. The zero-order valence-electron chi connectivity index (χ0n) is 9.05. The number of carbonyl (C=O) groups excluding carboxylic acids is 1. The minimum atomic E-state index is -0.384. The highest BCUT2D eigenvalue weighted by molar-refractivity contribution is 14.1. The van der Waals surface area contributed by atoms with Gasteiger partial charge in [0.1, 0.15) is 5.60 Å². The van der Waals surface area contributed by atoms with Crippen LogP contribution in [0.25, 0.3) is 0 Å². The smallest absolute Gasteiger partial charge is 0.411 e. The molecule has 3 nitrogen and oxygen atoms in total. The molecule has 0 aromatic carbocycles. The lowest BCUT2D eigenvalue weighted by Crippen LogP contribution is -2.43. The monoisotopic (exact) mass is 311 g/mol. The largest absolute Gasteiger partial charge is 0.444 e. The molecule has 0 spiro atoms. The number of hydrogen-bond acceptors (Lipinski definition) is 2. The second-order valence-corrected chi connectivity index (χ2v) is 6.04. The van der Waals surface area contributed by atoms with E-state index in [0.717, 1.165) is 19.4 Å². The first-order valence-corrected chi connectivity index (χ1v) is 6.28. The Hall–Kier alpha value is 0. The van der Waals surface area contributed by atoms with E-state index in [4.69, 9.17) is 4.74 Å². The van der Waals surface area contributed by atoms with Crippen LogP contribution in [-0.2, 0) is 4.74 Å². The molecule has 0 aromatic heterocycles. The lowest BCUT2D eigenvalue weighted by atomic mass is 10.1. The van der Waals surface area contributed by atoms with E-state index in [2.05, 4.69) is 22.6 Å². The van der Waals surface area contributed by atoms with Crippen LogP contribution < -0.4 is 0 Å². The van der Waals surface area contributed by atoms with Gasteiger partial charge < -0.3 is 4.74 Å². The summed E-state index contributed by atoms with van der Waals surface area (Å²) in [6, 6.07) is 0. The normalized spacial score (nSPS) is 23.4. The Bertz CT molecular complexity index is 213. The van der Waals surface area contributed by atoms with Crippen molar-refractivity contribution in [2.24, 2.45) is 0 Å². The van der Waals surface area contributed by atoms with Crippen molar-refractivity contribution in [1.82, 2.24) is 4.90 Å². The summed E-state index contributed by atoms with van der Waals surface area (Å²) in [7, 11) is 0. The van der Waals surface area contributed by atoms with Crippen LogP contribution in [0, 0.1) is 0 Å². The number of rotatable bonds is 0. The van der Waals surface area contributed by atoms with Crippen LogP contribution in [0.5, 0.6) is 0 Å². The van der Waals surface area contributed by atoms with Gasteiger partial charge in [0.15, 0.2) is 0 Å². The zero-order chi connectivity index (χ0) is 10.8. The fourth-order valence-corrected chi connectivity index (χ4v) is 2.36. The van der Waals surface area contributed by atoms with Crippen LogP contribution in [0.2, 0.25) is 0 Å². The molecule has 0 aromatic rings. The first-order valence-electron chi connectivity index (χ1n) is 5.04. The number of piperidine rings is 1. The van der Waals surface area contributed by atoms with Crippen molar-refractivity contribution in [3.05, 3.63) is 0 Å². The van der Waals surface area contributed by atoms with Crippen LogP contribution in [0.1, 0.15) is 40.0 Å². The Kier molecular flexibility index (Phi) is 4.04. The number of carbonyl (C=O) groups is 1. The van der Waals surface area contributed by atoms with Gasteiger partial charge in [-0.2, -0.15) is 0 Å². The average molecular weight is 311 g/mol. The zero-order valence-corrected chi connectivity index (χ0v) is 11.2.